The Labute approximate surface area is 180 Å². The normalized spacial score (nSPS) is 10.9. The fourth-order valence-electron chi connectivity index (χ4n) is 3.21. The predicted molar refractivity (Wildman–Crippen MR) is 113 cm³/mol. The molecule has 1 amide bonds. The monoisotopic (exact) mass is 442 g/mol. The van der Waals surface area contributed by atoms with Crippen molar-refractivity contribution in [2.24, 2.45) is 0 Å². The number of hydrogen-bond donors (Lipinski definition) is 0. The van der Waals surface area contributed by atoms with E-state index in [9.17, 15) is 14.0 Å². The Kier molecular flexibility index (Phi) is 5.48. The zero-order valence-corrected chi connectivity index (χ0v) is 16.8. The summed E-state index contributed by atoms with van der Waals surface area (Å²) in [5.41, 5.74) is 1.93. The average Bonchev–Trinajstić information content (AvgIpc) is 3.10. The van der Waals surface area contributed by atoms with Gasteiger partial charge in [-0.1, -0.05) is 35.3 Å². The second-order valence-electron chi connectivity index (χ2n) is 6.39. The van der Waals surface area contributed by atoms with Crippen LogP contribution in [0.25, 0.3) is 11.0 Å². The molecule has 0 N–H and O–H groups in total. The summed E-state index contributed by atoms with van der Waals surface area (Å²) in [5, 5.41) is 0.834. The minimum Gasteiger partial charge on any atom is -0.326 e. The molecule has 0 radical (unpaired) electrons. The molecule has 0 aliphatic carbocycles. The summed E-state index contributed by atoms with van der Waals surface area (Å²) in [6, 6.07) is 9.55. The lowest BCUT2D eigenvalue weighted by Gasteiger charge is -2.21. The van der Waals surface area contributed by atoms with Crippen LogP contribution in [0, 0.1) is 5.82 Å². The van der Waals surface area contributed by atoms with Crippen LogP contribution in [0.4, 0.5) is 15.8 Å². The van der Waals surface area contributed by atoms with Crippen LogP contribution in [0.3, 0.4) is 0 Å². The maximum Gasteiger partial charge on any atom is 0.295 e. The van der Waals surface area contributed by atoms with Crippen LogP contribution in [0.15, 0.2) is 61.2 Å². The van der Waals surface area contributed by atoms with Gasteiger partial charge in [-0.25, -0.2) is 9.37 Å². The first-order chi connectivity index (χ1) is 14.5. The van der Waals surface area contributed by atoms with Crippen LogP contribution < -0.4 is 4.90 Å². The van der Waals surface area contributed by atoms with Gasteiger partial charge < -0.3 is 4.57 Å². The minimum atomic E-state index is -0.852. The second kappa shape index (κ2) is 8.22. The Morgan fingerprint density at radius 3 is 2.50 bits per heavy atom. The Morgan fingerprint density at radius 2 is 1.83 bits per heavy atom. The topological polar surface area (TPSA) is 68.1 Å². The number of pyridine rings is 2. The lowest BCUT2D eigenvalue weighted by atomic mass is 10.2. The molecule has 0 aliphatic heterocycles. The van der Waals surface area contributed by atoms with E-state index in [2.05, 4.69) is 9.97 Å². The van der Waals surface area contributed by atoms with Gasteiger partial charge in [0.1, 0.15) is 11.5 Å². The molecule has 30 heavy (non-hydrogen) atoms. The number of benzene rings is 1. The SMILES string of the molecule is O=CC(=O)N(c1c(Cl)cncc1Cl)c1cn(Cc2ccc(F)cc2)c2ncccc12. The van der Waals surface area contributed by atoms with Gasteiger partial charge in [-0.2, -0.15) is 0 Å². The molecular weight excluding hydrogens is 430 g/mol. The fraction of sp³-hybridized carbons (Fsp3) is 0.0476. The van der Waals surface area contributed by atoms with Crippen molar-refractivity contribution in [1.29, 1.82) is 0 Å². The summed E-state index contributed by atoms with van der Waals surface area (Å²) in [4.78, 5) is 33.5. The van der Waals surface area contributed by atoms with Gasteiger partial charge in [0, 0.05) is 36.7 Å². The molecule has 0 fully saturated rings. The molecule has 3 heterocycles. The molecule has 6 nitrogen and oxygen atoms in total. The average molecular weight is 443 g/mol. The summed E-state index contributed by atoms with van der Waals surface area (Å²) in [6.07, 6.45) is 6.15. The van der Waals surface area contributed by atoms with Crippen molar-refractivity contribution in [2.75, 3.05) is 4.90 Å². The fourth-order valence-corrected chi connectivity index (χ4v) is 3.74. The summed E-state index contributed by atoms with van der Waals surface area (Å²) < 4.78 is 15.1. The number of aromatic nitrogens is 3. The number of halogens is 3. The molecule has 0 aliphatic rings. The standard InChI is InChI=1S/C21H13Cl2FN4O2/c22-16-8-25-9-17(23)20(16)28(19(30)12-29)18-11-27(21-15(18)2-1-7-26-21)10-13-3-5-14(24)6-4-13/h1-9,11-12H,10H2. The lowest BCUT2D eigenvalue weighted by molar-refractivity contribution is -0.129. The number of anilines is 2. The third-order valence-corrected chi connectivity index (χ3v) is 5.05. The number of rotatable bonds is 5. The van der Waals surface area contributed by atoms with E-state index in [1.54, 1.807) is 41.2 Å². The highest BCUT2D eigenvalue weighted by atomic mass is 35.5. The molecule has 0 spiro atoms. The van der Waals surface area contributed by atoms with Gasteiger partial charge in [-0.3, -0.25) is 19.5 Å². The Hall–Kier alpha value is -3.29. The zero-order chi connectivity index (χ0) is 21.3. The summed E-state index contributed by atoms with van der Waals surface area (Å²) in [6.45, 7) is 0.370. The molecule has 0 unspecified atom stereocenters. The highest BCUT2D eigenvalue weighted by Gasteiger charge is 2.26. The third kappa shape index (κ3) is 3.65. The number of hydrogen-bond acceptors (Lipinski definition) is 4. The molecule has 3 aromatic heterocycles. The molecule has 150 valence electrons. The molecule has 1 aromatic carbocycles. The lowest BCUT2D eigenvalue weighted by Crippen LogP contribution is -2.27. The molecule has 9 heteroatoms. The predicted octanol–water partition coefficient (Wildman–Crippen LogP) is 4.79. The molecular formula is C21H13Cl2FN4O2. The molecule has 0 atom stereocenters. The number of amides is 1. The van der Waals surface area contributed by atoms with Crippen molar-refractivity contribution in [3.8, 4) is 0 Å². The van der Waals surface area contributed by atoms with Crippen LogP contribution in [-0.2, 0) is 16.1 Å². The van der Waals surface area contributed by atoms with Gasteiger partial charge in [0.15, 0.2) is 0 Å². The van der Waals surface area contributed by atoms with Crippen LogP contribution >= 0.6 is 23.2 Å². The molecule has 4 aromatic rings. The largest absolute Gasteiger partial charge is 0.326 e. The molecule has 0 bridgehead atoms. The maximum absolute atomic E-state index is 13.3. The number of carbonyl (C=O) groups is 2. The van der Waals surface area contributed by atoms with Crippen LogP contribution in [0.2, 0.25) is 10.0 Å². The first-order valence-electron chi connectivity index (χ1n) is 8.76. The van der Waals surface area contributed by atoms with E-state index in [0.717, 1.165) is 10.5 Å². The van der Waals surface area contributed by atoms with E-state index in [1.807, 2.05) is 0 Å². The van der Waals surface area contributed by atoms with Gasteiger partial charge in [-0.15, -0.1) is 0 Å². The van der Waals surface area contributed by atoms with Crippen LogP contribution in [0.1, 0.15) is 5.56 Å². The van der Waals surface area contributed by atoms with Crippen molar-refractivity contribution >= 4 is 57.8 Å². The van der Waals surface area contributed by atoms with Gasteiger partial charge in [-0.05, 0) is 29.8 Å². The van der Waals surface area contributed by atoms with Crippen molar-refractivity contribution in [3.63, 3.8) is 0 Å². The van der Waals surface area contributed by atoms with Crippen LogP contribution in [0.5, 0.6) is 0 Å². The number of nitrogens with zero attached hydrogens (tertiary/aromatic N) is 4. The first-order valence-corrected chi connectivity index (χ1v) is 9.51. The van der Waals surface area contributed by atoms with Gasteiger partial charge in [0.2, 0.25) is 6.29 Å². The van der Waals surface area contributed by atoms with E-state index in [4.69, 9.17) is 23.2 Å². The summed E-state index contributed by atoms with van der Waals surface area (Å²) >= 11 is 12.5. The van der Waals surface area contributed by atoms with Crippen LogP contribution in [-0.4, -0.2) is 26.7 Å². The van der Waals surface area contributed by atoms with Crippen molar-refractivity contribution in [2.45, 2.75) is 6.54 Å². The summed E-state index contributed by atoms with van der Waals surface area (Å²) in [7, 11) is 0. The Morgan fingerprint density at radius 1 is 1.13 bits per heavy atom. The maximum atomic E-state index is 13.3. The molecule has 0 saturated heterocycles. The van der Waals surface area contributed by atoms with E-state index in [0.29, 0.717) is 23.3 Å². The smallest absolute Gasteiger partial charge is 0.295 e. The highest BCUT2D eigenvalue weighted by Crippen LogP contribution is 2.40. The number of fused-ring (bicyclic) bond motifs is 1. The highest BCUT2D eigenvalue weighted by molar-refractivity contribution is 6.43. The number of carbonyl (C=O) groups excluding carboxylic acids is 2. The van der Waals surface area contributed by atoms with Crippen molar-refractivity contribution in [1.82, 2.24) is 14.5 Å². The van der Waals surface area contributed by atoms with Gasteiger partial charge in [0.05, 0.1) is 21.4 Å². The third-order valence-electron chi connectivity index (χ3n) is 4.49. The number of aldehydes is 1. The van der Waals surface area contributed by atoms with Gasteiger partial charge in [0.25, 0.3) is 5.91 Å². The van der Waals surface area contributed by atoms with E-state index < -0.39 is 5.91 Å². The van der Waals surface area contributed by atoms with Gasteiger partial charge >= 0.3 is 0 Å². The summed E-state index contributed by atoms with van der Waals surface area (Å²) in [5.74, 6) is -1.19. The van der Waals surface area contributed by atoms with E-state index >= 15 is 0 Å². The van der Waals surface area contributed by atoms with Crippen molar-refractivity contribution < 1.29 is 14.0 Å². The Bertz CT molecular complexity index is 1240. The molecule has 4 rings (SSSR count). The van der Waals surface area contributed by atoms with E-state index in [-0.39, 0.29) is 27.8 Å². The minimum absolute atomic E-state index is 0.112. The first kappa shape index (κ1) is 20.0. The Balaban J connectivity index is 1.91. The zero-order valence-electron chi connectivity index (χ0n) is 15.3. The van der Waals surface area contributed by atoms with E-state index in [1.165, 1.54) is 24.5 Å². The molecule has 0 saturated carbocycles. The quantitative estimate of drug-likeness (QED) is 0.329. The second-order valence-corrected chi connectivity index (χ2v) is 7.20. The van der Waals surface area contributed by atoms with Crippen molar-refractivity contribution in [3.05, 3.63) is 82.6 Å².